The standard InChI is InChI=1S/C18H17N5/c1-12-10-17(23-18(21-12)19-11-20-23)22-13(2)15-9-5-7-14-6-3-4-8-16(14)15/h3-11,13,22H,1-2H3. The number of anilines is 1. The Morgan fingerprint density at radius 2 is 1.91 bits per heavy atom. The summed E-state index contributed by atoms with van der Waals surface area (Å²) in [5, 5.41) is 10.3. The Morgan fingerprint density at radius 3 is 2.83 bits per heavy atom. The van der Waals surface area contributed by atoms with E-state index in [2.05, 4.69) is 69.8 Å². The van der Waals surface area contributed by atoms with Gasteiger partial charge in [0.1, 0.15) is 12.1 Å². The average molecular weight is 303 g/mol. The van der Waals surface area contributed by atoms with Crippen molar-refractivity contribution >= 4 is 22.4 Å². The van der Waals surface area contributed by atoms with E-state index < -0.39 is 0 Å². The molecular weight excluding hydrogens is 286 g/mol. The number of hydrogen-bond donors (Lipinski definition) is 1. The van der Waals surface area contributed by atoms with Gasteiger partial charge in [0.05, 0.1) is 6.04 Å². The minimum atomic E-state index is 0.135. The third kappa shape index (κ3) is 2.40. The topological polar surface area (TPSA) is 55.1 Å². The first kappa shape index (κ1) is 13.7. The van der Waals surface area contributed by atoms with Crippen LogP contribution in [0, 0.1) is 6.92 Å². The van der Waals surface area contributed by atoms with Gasteiger partial charge >= 0.3 is 0 Å². The Bertz CT molecular complexity index is 984. The molecule has 114 valence electrons. The molecule has 5 nitrogen and oxygen atoms in total. The molecule has 0 radical (unpaired) electrons. The van der Waals surface area contributed by atoms with E-state index in [9.17, 15) is 0 Å². The molecule has 5 heteroatoms. The maximum Gasteiger partial charge on any atom is 0.254 e. The summed E-state index contributed by atoms with van der Waals surface area (Å²) in [5.41, 5.74) is 2.17. The van der Waals surface area contributed by atoms with Gasteiger partial charge in [-0.1, -0.05) is 42.5 Å². The summed E-state index contributed by atoms with van der Waals surface area (Å²) < 4.78 is 1.73. The van der Waals surface area contributed by atoms with E-state index in [1.165, 1.54) is 22.7 Å². The lowest BCUT2D eigenvalue weighted by Crippen LogP contribution is -2.11. The fourth-order valence-corrected chi connectivity index (χ4v) is 2.96. The van der Waals surface area contributed by atoms with Crippen molar-refractivity contribution in [1.29, 1.82) is 0 Å². The number of rotatable bonds is 3. The number of aromatic nitrogens is 4. The predicted molar refractivity (Wildman–Crippen MR) is 91.5 cm³/mol. The summed E-state index contributed by atoms with van der Waals surface area (Å²) >= 11 is 0. The molecule has 2 aromatic heterocycles. The van der Waals surface area contributed by atoms with Crippen LogP contribution in [0.15, 0.2) is 54.9 Å². The smallest absolute Gasteiger partial charge is 0.254 e. The van der Waals surface area contributed by atoms with Gasteiger partial charge in [0.15, 0.2) is 0 Å². The monoisotopic (exact) mass is 303 g/mol. The Labute approximate surface area is 134 Å². The molecule has 0 spiro atoms. The van der Waals surface area contributed by atoms with E-state index in [1.54, 1.807) is 4.52 Å². The molecule has 1 unspecified atom stereocenters. The lowest BCUT2D eigenvalue weighted by atomic mass is 10.00. The van der Waals surface area contributed by atoms with Crippen LogP contribution < -0.4 is 5.32 Å². The molecule has 0 aliphatic heterocycles. The van der Waals surface area contributed by atoms with Crippen LogP contribution in [-0.2, 0) is 0 Å². The van der Waals surface area contributed by atoms with Gasteiger partial charge in [-0.15, -0.1) is 0 Å². The molecule has 2 aromatic carbocycles. The van der Waals surface area contributed by atoms with Gasteiger partial charge in [-0.2, -0.15) is 14.6 Å². The Morgan fingerprint density at radius 1 is 1.09 bits per heavy atom. The third-order valence-corrected chi connectivity index (χ3v) is 4.03. The lowest BCUT2D eigenvalue weighted by Gasteiger charge is -2.18. The first-order valence-electron chi connectivity index (χ1n) is 7.64. The maximum atomic E-state index is 4.38. The van der Waals surface area contributed by atoms with Crippen molar-refractivity contribution in [2.24, 2.45) is 0 Å². The van der Waals surface area contributed by atoms with Crippen molar-refractivity contribution in [3.8, 4) is 0 Å². The van der Waals surface area contributed by atoms with Crippen molar-refractivity contribution in [3.05, 3.63) is 66.1 Å². The molecule has 0 amide bonds. The van der Waals surface area contributed by atoms with Crippen molar-refractivity contribution in [1.82, 2.24) is 19.6 Å². The molecule has 0 bridgehead atoms. The van der Waals surface area contributed by atoms with Gasteiger partial charge in [0, 0.05) is 11.8 Å². The zero-order valence-corrected chi connectivity index (χ0v) is 13.1. The van der Waals surface area contributed by atoms with Gasteiger partial charge in [-0.05, 0) is 30.2 Å². The van der Waals surface area contributed by atoms with E-state index in [4.69, 9.17) is 0 Å². The fraction of sp³-hybridized carbons (Fsp3) is 0.167. The molecule has 23 heavy (non-hydrogen) atoms. The van der Waals surface area contributed by atoms with E-state index >= 15 is 0 Å². The van der Waals surface area contributed by atoms with Crippen LogP contribution in [0.4, 0.5) is 5.82 Å². The molecule has 0 aliphatic rings. The Kier molecular flexibility index (Phi) is 3.19. The number of nitrogens with one attached hydrogen (secondary N) is 1. The molecule has 0 aliphatic carbocycles. The summed E-state index contributed by atoms with van der Waals surface area (Å²) in [6.07, 6.45) is 1.52. The molecule has 2 heterocycles. The van der Waals surface area contributed by atoms with Crippen LogP contribution in [-0.4, -0.2) is 19.6 Å². The molecular formula is C18H17N5. The van der Waals surface area contributed by atoms with Gasteiger partial charge in [-0.3, -0.25) is 0 Å². The van der Waals surface area contributed by atoms with Crippen LogP contribution >= 0.6 is 0 Å². The van der Waals surface area contributed by atoms with E-state index in [-0.39, 0.29) is 6.04 Å². The minimum absolute atomic E-state index is 0.135. The number of benzene rings is 2. The SMILES string of the molecule is Cc1cc(NC(C)c2cccc3ccccc23)n2ncnc2n1. The summed E-state index contributed by atoms with van der Waals surface area (Å²) in [6, 6.07) is 16.9. The fourth-order valence-electron chi connectivity index (χ4n) is 2.96. The highest BCUT2D eigenvalue weighted by atomic mass is 15.4. The van der Waals surface area contributed by atoms with Gasteiger partial charge in [0.2, 0.25) is 0 Å². The molecule has 1 atom stereocenters. The highest BCUT2D eigenvalue weighted by molar-refractivity contribution is 5.86. The van der Waals surface area contributed by atoms with E-state index in [0.29, 0.717) is 5.78 Å². The van der Waals surface area contributed by atoms with Crippen LogP contribution in [0.1, 0.15) is 24.2 Å². The molecule has 0 saturated carbocycles. The van der Waals surface area contributed by atoms with Crippen molar-refractivity contribution < 1.29 is 0 Å². The molecule has 4 rings (SSSR count). The lowest BCUT2D eigenvalue weighted by molar-refractivity contribution is 0.843. The Hall–Kier alpha value is -2.95. The summed E-state index contributed by atoms with van der Waals surface area (Å²) in [4.78, 5) is 8.55. The predicted octanol–water partition coefficient (Wildman–Crippen LogP) is 3.76. The first-order chi connectivity index (χ1) is 11.2. The summed E-state index contributed by atoms with van der Waals surface area (Å²) in [7, 11) is 0. The van der Waals surface area contributed by atoms with Crippen LogP contribution in [0.25, 0.3) is 16.6 Å². The highest BCUT2D eigenvalue weighted by Crippen LogP contribution is 2.26. The zero-order valence-electron chi connectivity index (χ0n) is 13.1. The highest BCUT2D eigenvalue weighted by Gasteiger charge is 2.12. The normalized spacial score (nSPS) is 12.6. The van der Waals surface area contributed by atoms with Crippen LogP contribution in [0.2, 0.25) is 0 Å². The zero-order chi connectivity index (χ0) is 15.8. The largest absolute Gasteiger partial charge is 0.363 e. The van der Waals surface area contributed by atoms with Gasteiger partial charge < -0.3 is 5.32 Å². The van der Waals surface area contributed by atoms with E-state index in [1.807, 2.05) is 13.0 Å². The van der Waals surface area contributed by atoms with Gasteiger partial charge in [0.25, 0.3) is 5.78 Å². The van der Waals surface area contributed by atoms with Crippen LogP contribution in [0.3, 0.4) is 0 Å². The number of hydrogen-bond acceptors (Lipinski definition) is 4. The molecule has 4 aromatic rings. The minimum Gasteiger partial charge on any atom is -0.363 e. The second-order valence-corrected chi connectivity index (χ2v) is 5.69. The molecule has 0 saturated heterocycles. The quantitative estimate of drug-likeness (QED) is 0.626. The number of fused-ring (bicyclic) bond motifs is 2. The Balaban J connectivity index is 1.76. The van der Waals surface area contributed by atoms with Crippen molar-refractivity contribution in [2.75, 3.05) is 5.32 Å². The van der Waals surface area contributed by atoms with Crippen molar-refractivity contribution in [3.63, 3.8) is 0 Å². The number of nitrogens with zero attached hydrogens (tertiary/aromatic N) is 4. The molecule has 1 N–H and O–H groups in total. The summed E-state index contributed by atoms with van der Waals surface area (Å²) in [6.45, 7) is 4.11. The second-order valence-electron chi connectivity index (χ2n) is 5.69. The molecule has 0 fully saturated rings. The number of aryl methyl sites for hydroxylation is 1. The van der Waals surface area contributed by atoms with Crippen molar-refractivity contribution in [2.45, 2.75) is 19.9 Å². The first-order valence-corrected chi connectivity index (χ1v) is 7.64. The second kappa shape index (κ2) is 5.35. The van der Waals surface area contributed by atoms with E-state index in [0.717, 1.165) is 11.5 Å². The van der Waals surface area contributed by atoms with Crippen LogP contribution in [0.5, 0.6) is 0 Å². The summed E-state index contributed by atoms with van der Waals surface area (Å²) in [5.74, 6) is 1.50. The average Bonchev–Trinajstić information content (AvgIpc) is 3.02. The third-order valence-electron chi connectivity index (χ3n) is 4.03. The van der Waals surface area contributed by atoms with Gasteiger partial charge in [-0.25, -0.2) is 4.98 Å². The maximum absolute atomic E-state index is 4.38.